The van der Waals surface area contributed by atoms with Gasteiger partial charge in [-0.25, -0.2) is 0 Å². The van der Waals surface area contributed by atoms with Gasteiger partial charge in [0.1, 0.15) is 0 Å². The van der Waals surface area contributed by atoms with E-state index >= 15 is 0 Å². The molecule has 0 bridgehead atoms. The highest BCUT2D eigenvalue weighted by molar-refractivity contribution is 5.97. The molecule has 0 saturated carbocycles. The van der Waals surface area contributed by atoms with Crippen molar-refractivity contribution in [3.05, 3.63) is 65.9 Å². The van der Waals surface area contributed by atoms with Gasteiger partial charge in [-0.2, -0.15) is 0 Å². The molecule has 0 fully saturated rings. The largest absolute Gasteiger partial charge is 0.493 e. The summed E-state index contributed by atoms with van der Waals surface area (Å²) in [7, 11) is 1.58. The standard InChI is InChI=1S/C18H17NO3/c1-12(13-7-4-3-5-8-13)19-18(20)16-11-14-9-6-10-15(21-2)17(14)22-16/h3-12H,1-2H3,(H,19,20)/t12-/m1/s1. The first-order chi connectivity index (χ1) is 10.7. The van der Waals surface area contributed by atoms with Crippen LogP contribution in [0.15, 0.2) is 59.0 Å². The van der Waals surface area contributed by atoms with Crippen molar-refractivity contribution in [1.82, 2.24) is 5.32 Å². The van der Waals surface area contributed by atoms with E-state index in [1.165, 1.54) is 0 Å². The predicted octanol–water partition coefficient (Wildman–Crippen LogP) is 3.93. The molecule has 0 saturated heterocycles. The van der Waals surface area contributed by atoms with Gasteiger partial charge in [0.05, 0.1) is 13.2 Å². The summed E-state index contributed by atoms with van der Waals surface area (Å²) >= 11 is 0. The number of carbonyl (C=O) groups is 1. The number of hydrogen-bond acceptors (Lipinski definition) is 3. The molecule has 1 amide bonds. The SMILES string of the molecule is COc1cccc2cc(C(=O)N[C@H](C)c3ccccc3)oc12. The van der Waals surface area contributed by atoms with E-state index in [1.807, 2.05) is 49.4 Å². The highest BCUT2D eigenvalue weighted by Crippen LogP contribution is 2.28. The number of para-hydroxylation sites is 1. The molecule has 1 aromatic heterocycles. The van der Waals surface area contributed by atoms with E-state index in [2.05, 4.69) is 5.32 Å². The zero-order chi connectivity index (χ0) is 15.5. The molecule has 0 unspecified atom stereocenters. The first kappa shape index (κ1) is 14.2. The molecule has 0 aliphatic rings. The number of benzene rings is 2. The Morgan fingerprint density at radius 1 is 1.14 bits per heavy atom. The summed E-state index contributed by atoms with van der Waals surface area (Å²) in [5.41, 5.74) is 1.63. The number of fused-ring (bicyclic) bond motifs is 1. The molecule has 4 heteroatoms. The van der Waals surface area contributed by atoms with Crippen molar-refractivity contribution in [3.63, 3.8) is 0 Å². The fraction of sp³-hybridized carbons (Fsp3) is 0.167. The first-order valence-electron chi connectivity index (χ1n) is 7.11. The Morgan fingerprint density at radius 3 is 2.64 bits per heavy atom. The third-order valence-electron chi connectivity index (χ3n) is 3.60. The van der Waals surface area contributed by atoms with Gasteiger partial charge >= 0.3 is 0 Å². The van der Waals surface area contributed by atoms with Crippen LogP contribution in [0.5, 0.6) is 5.75 Å². The van der Waals surface area contributed by atoms with Gasteiger partial charge in [0.25, 0.3) is 5.91 Å². The Labute approximate surface area is 128 Å². The van der Waals surface area contributed by atoms with Crippen LogP contribution in [0.3, 0.4) is 0 Å². The van der Waals surface area contributed by atoms with Crippen LogP contribution in [0, 0.1) is 0 Å². The van der Waals surface area contributed by atoms with Crippen LogP contribution in [0.2, 0.25) is 0 Å². The first-order valence-corrected chi connectivity index (χ1v) is 7.11. The number of ether oxygens (including phenoxy) is 1. The van der Waals surface area contributed by atoms with Crippen LogP contribution in [0.4, 0.5) is 0 Å². The van der Waals surface area contributed by atoms with Crippen molar-refractivity contribution < 1.29 is 13.9 Å². The lowest BCUT2D eigenvalue weighted by atomic mass is 10.1. The van der Waals surface area contributed by atoms with Crippen molar-refractivity contribution in [2.24, 2.45) is 0 Å². The molecule has 22 heavy (non-hydrogen) atoms. The average Bonchev–Trinajstić information content (AvgIpc) is 2.99. The van der Waals surface area contributed by atoms with Gasteiger partial charge in [-0.15, -0.1) is 0 Å². The molecule has 3 rings (SSSR count). The smallest absolute Gasteiger partial charge is 0.287 e. The molecule has 1 heterocycles. The maximum Gasteiger partial charge on any atom is 0.287 e. The highest BCUT2D eigenvalue weighted by atomic mass is 16.5. The second-order valence-electron chi connectivity index (χ2n) is 5.10. The minimum Gasteiger partial charge on any atom is -0.493 e. The fourth-order valence-electron chi connectivity index (χ4n) is 2.40. The quantitative estimate of drug-likeness (QED) is 0.793. The highest BCUT2D eigenvalue weighted by Gasteiger charge is 2.17. The molecular weight excluding hydrogens is 278 g/mol. The summed E-state index contributed by atoms with van der Waals surface area (Å²) in [4.78, 5) is 12.4. The molecule has 112 valence electrons. The third kappa shape index (κ3) is 2.68. The Morgan fingerprint density at radius 2 is 1.91 bits per heavy atom. The maximum atomic E-state index is 12.4. The second-order valence-corrected chi connectivity index (χ2v) is 5.10. The van der Waals surface area contributed by atoms with E-state index in [1.54, 1.807) is 19.2 Å². The third-order valence-corrected chi connectivity index (χ3v) is 3.60. The van der Waals surface area contributed by atoms with Crippen molar-refractivity contribution in [1.29, 1.82) is 0 Å². The van der Waals surface area contributed by atoms with Gasteiger partial charge < -0.3 is 14.5 Å². The van der Waals surface area contributed by atoms with E-state index in [0.29, 0.717) is 11.3 Å². The Hall–Kier alpha value is -2.75. The number of amides is 1. The average molecular weight is 295 g/mol. The maximum absolute atomic E-state index is 12.4. The summed E-state index contributed by atoms with van der Waals surface area (Å²) < 4.78 is 10.9. The van der Waals surface area contributed by atoms with Gasteiger partial charge in [0, 0.05) is 5.39 Å². The molecule has 1 N–H and O–H groups in total. The molecule has 0 aliphatic carbocycles. The minimum atomic E-state index is -0.241. The Bertz CT molecular complexity index is 792. The van der Waals surface area contributed by atoms with E-state index in [0.717, 1.165) is 10.9 Å². The number of hydrogen-bond donors (Lipinski definition) is 1. The molecule has 0 spiro atoms. The van der Waals surface area contributed by atoms with Gasteiger partial charge in [0.2, 0.25) is 0 Å². The van der Waals surface area contributed by atoms with Crippen LogP contribution in [0.25, 0.3) is 11.0 Å². The monoisotopic (exact) mass is 295 g/mol. The number of nitrogens with one attached hydrogen (secondary N) is 1. The van der Waals surface area contributed by atoms with Crippen LogP contribution in [0.1, 0.15) is 29.1 Å². The number of furan rings is 1. The molecule has 2 aromatic carbocycles. The Kier molecular flexibility index (Phi) is 3.83. The lowest BCUT2D eigenvalue weighted by Crippen LogP contribution is -2.26. The molecular formula is C18H17NO3. The van der Waals surface area contributed by atoms with Gasteiger partial charge in [-0.3, -0.25) is 4.79 Å². The van der Waals surface area contributed by atoms with Gasteiger partial charge in [0.15, 0.2) is 17.1 Å². The zero-order valence-corrected chi connectivity index (χ0v) is 12.5. The van der Waals surface area contributed by atoms with Crippen molar-refractivity contribution >= 4 is 16.9 Å². The number of rotatable bonds is 4. The lowest BCUT2D eigenvalue weighted by molar-refractivity contribution is 0.0914. The summed E-state index contributed by atoms with van der Waals surface area (Å²) in [6.45, 7) is 1.94. The molecule has 0 aliphatic heterocycles. The predicted molar refractivity (Wildman–Crippen MR) is 85.1 cm³/mol. The summed E-state index contributed by atoms with van der Waals surface area (Å²) in [5, 5.41) is 3.78. The van der Waals surface area contributed by atoms with Crippen molar-refractivity contribution in [2.45, 2.75) is 13.0 Å². The fourth-order valence-corrected chi connectivity index (χ4v) is 2.40. The van der Waals surface area contributed by atoms with Crippen LogP contribution < -0.4 is 10.1 Å². The van der Waals surface area contributed by atoms with Crippen molar-refractivity contribution in [3.8, 4) is 5.75 Å². The topological polar surface area (TPSA) is 51.5 Å². The lowest BCUT2D eigenvalue weighted by Gasteiger charge is -2.12. The zero-order valence-electron chi connectivity index (χ0n) is 12.5. The van der Waals surface area contributed by atoms with Crippen LogP contribution in [-0.2, 0) is 0 Å². The Balaban J connectivity index is 1.83. The van der Waals surface area contributed by atoms with E-state index in [9.17, 15) is 4.79 Å². The second kappa shape index (κ2) is 5.93. The number of methoxy groups -OCH3 is 1. The van der Waals surface area contributed by atoms with Crippen molar-refractivity contribution in [2.75, 3.05) is 7.11 Å². The minimum absolute atomic E-state index is 0.0937. The summed E-state index contributed by atoms with van der Waals surface area (Å²) in [6, 6.07) is 17.0. The molecule has 0 radical (unpaired) electrons. The summed E-state index contributed by atoms with van der Waals surface area (Å²) in [6.07, 6.45) is 0. The number of carbonyl (C=O) groups excluding carboxylic acids is 1. The normalized spacial score (nSPS) is 12.1. The van der Waals surface area contributed by atoms with E-state index in [4.69, 9.17) is 9.15 Å². The van der Waals surface area contributed by atoms with E-state index < -0.39 is 0 Å². The van der Waals surface area contributed by atoms with Gasteiger partial charge in [-0.05, 0) is 24.6 Å². The molecule has 1 atom stereocenters. The summed E-state index contributed by atoms with van der Waals surface area (Å²) in [5.74, 6) is 0.657. The molecule has 3 aromatic rings. The van der Waals surface area contributed by atoms with Crippen LogP contribution >= 0.6 is 0 Å². The van der Waals surface area contributed by atoms with Crippen LogP contribution in [-0.4, -0.2) is 13.0 Å². The van der Waals surface area contributed by atoms with E-state index in [-0.39, 0.29) is 17.7 Å². The van der Waals surface area contributed by atoms with Gasteiger partial charge in [-0.1, -0.05) is 42.5 Å². The molecule has 4 nitrogen and oxygen atoms in total.